The average molecular weight is 157 g/mol. The smallest absolute Gasteiger partial charge is 0.0696 e. The van der Waals surface area contributed by atoms with Crippen LogP contribution in [-0.4, -0.2) is 26.3 Å². The van der Waals surface area contributed by atoms with E-state index in [-0.39, 0.29) is 0 Å². The molecular formula is C9H19NO. The van der Waals surface area contributed by atoms with E-state index >= 15 is 0 Å². The van der Waals surface area contributed by atoms with Crippen LogP contribution in [0.5, 0.6) is 0 Å². The van der Waals surface area contributed by atoms with Crippen LogP contribution in [0.15, 0.2) is 0 Å². The first-order valence-corrected chi connectivity index (χ1v) is 4.63. The van der Waals surface area contributed by atoms with Crippen LogP contribution in [0.25, 0.3) is 0 Å². The van der Waals surface area contributed by atoms with Crippen LogP contribution in [0.3, 0.4) is 0 Å². The van der Waals surface area contributed by atoms with E-state index in [1.807, 2.05) is 7.05 Å². The lowest BCUT2D eigenvalue weighted by atomic mass is 10.3. The third-order valence-electron chi connectivity index (χ3n) is 2.15. The van der Waals surface area contributed by atoms with E-state index in [1.54, 1.807) is 0 Å². The van der Waals surface area contributed by atoms with Crippen molar-refractivity contribution in [2.75, 3.05) is 20.2 Å². The predicted octanol–water partition coefficient (Wildman–Crippen LogP) is 1.41. The molecule has 1 fully saturated rings. The summed E-state index contributed by atoms with van der Waals surface area (Å²) >= 11 is 0. The highest BCUT2D eigenvalue weighted by molar-refractivity contribution is 4.73. The molecule has 1 rings (SSSR count). The van der Waals surface area contributed by atoms with E-state index in [1.165, 1.54) is 12.8 Å². The van der Waals surface area contributed by atoms with Gasteiger partial charge < -0.3 is 10.1 Å². The largest absolute Gasteiger partial charge is 0.377 e. The highest BCUT2D eigenvalue weighted by Crippen LogP contribution is 2.29. The molecule has 1 saturated carbocycles. The van der Waals surface area contributed by atoms with Gasteiger partial charge in [0.2, 0.25) is 0 Å². The van der Waals surface area contributed by atoms with Crippen molar-refractivity contribution in [3.05, 3.63) is 0 Å². The zero-order chi connectivity index (χ0) is 8.10. The number of hydrogen-bond donors (Lipinski definition) is 1. The minimum atomic E-state index is 0.431. The van der Waals surface area contributed by atoms with E-state index < -0.39 is 0 Å². The van der Waals surface area contributed by atoms with Gasteiger partial charge in [0.15, 0.2) is 0 Å². The molecule has 0 radical (unpaired) electrons. The fraction of sp³-hybridized carbons (Fsp3) is 1.00. The molecule has 1 aliphatic rings. The molecule has 2 heteroatoms. The fourth-order valence-electron chi connectivity index (χ4n) is 1.11. The maximum absolute atomic E-state index is 5.69. The summed E-state index contributed by atoms with van der Waals surface area (Å²) in [6, 6.07) is 0. The SMILES string of the molecule is CCC(CNC)OCC1CC1. The Hall–Kier alpha value is -0.0800. The van der Waals surface area contributed by atoms with Gasteiger partial charge in [-0.15, -0.1) is 0 Å². The standard InChI is InChI=1S/C9H19NO/c1-3-9(6-10-2)11-7-8-4-5-8/h8-10H,3-7H2,1-2H3. The molecule has 11 heavy (non-hydrogen) atoms. The number of nitrogens with one attached hydrogen (secondary N) is 1. The molecule has 1 aliphatic carbocycles. The van der Waals surface area contributed by atoms with Crippen molar-refractivity contribution in [1.29, 1.82) is 0 Å². The Bertz CT molecular complexity index is 102. The van der Waals surface area contributed by atoms with E-state index in [2.05, 4.69) is 12.2 Å². The molecule has 66 valence electrons. The topological polar surface area (TPSA) is 21.3 Å². The summed E-state index contributed by atoms with van der Waals surface area (Å²) in [5.41, 5.74) is 0. The van der Waals surface area contributed by atoms with Crippen LogP contribution in [0.1, 0.15) is 26.2 Å². The Morgan fingerprint density at radius 1 is 1.55 bits per heavy atom. The second-order valence-electron chi connectivity index (χ2n) is 3.36. The first-order chi connectivity index (χ1) is 5.36. The lowest BCUT2D eigenvalue weighted by Crippen LogP contribution is -2.26. The molecule has 1 N–H and O–H groups in total. The second kappa shape index (κ2) is 4.73. The van der Waals surface area contributed by atoms with Gasteiger partial charge in [0.05, 0.1) is 6.10 Å². The van der Waals surface area contributed by atoms with Crippen LogP contribution in [0.2, 0.25) is 0 Å². The molecule has 2 nitrogen and oxygen atoms in total. The molecule has 0 aromatic carbocycles. The van der Waals surface area contributed by atoms with Crippen LogP contribution in [-0.2, 0) is 4.74 Å². The molecule has 0 bridgehead atoms. The molecule has 1 unspecified atom stereocenters. The normalized spacial score (nSPS) is 20.2. The molecule has 0 aliphatic heterocycles. The van der Waals surface area contributed by atoms with E-state index in [4.69, 9.17) is 4.74 Å². The maximum Gasteiger partial charge on any atom is 0.0696 e. The summed E-state index contributed by atoms with van der Waals surface area (Å²) in [5.74, 6) is 0.890. The highest BCUT2D eigenvalue weighted by Gasteiger charge is 2.22. The Morgan fingerprint density at radius 2 is 2.27 bits per heavy atom. The lowest BCUT2D eigenvalue weighted by molar-refractivity contribution is 0.0449. The molecule has 0 saturated heterocycles. The van der Waals surface area contributed by atoms with Gasteiger partial charge >= 0.3 is 0 Å². The van der Waals surface area contributed by atoms with Crippen molar-refractivity contribution in [3.63, 3.8) is 0 Å². The minimum Gasteiger partial charge on any atom is -0.377 e. The zero-order valence-corrected chi connectivity index (χ0v) is 7.60. The number of likely N-dealkylation sites (N-methyl/N-ethyl adjacent to an activating group) is 1. The van der Waals surface area contributed by atoms with Gasteiger partial charge in [0.25, 0.3) is 0 Å². The second-order valence-corrected chi connectivity index (χ2v) is 3.36. The summed E-state index contributed by atoms with van der Waals surface area (Å²) in [5, 5.41) is 3.14. The van der Waals surface area contributed by atoms with Gasteiger partial charge in [-0.2, -0.15) is 0 Å². The molecule has 1 atom stereocenters. The quantitative estimate of drug-likeness (QED) is 0.629. The Labute approximate surface area is 69.3 Å². The summed E-state index contributed by atoms with van der Waals surface area (Å²) in [4.78, 5) is 0. The van der Waals surface area contributed by atoms with E-state index in [0.29, 0.717) is 6.10 Å². The van der Waals surface area contributed by atoms with Crippen LogP contribution in [0.4, 0.5) is 0 Å². The van der Waals surface area contributed by atoms with Gasteiger partial charge in [-0.3, -0.25) is 0 Å². The molecule has 0 aromatic heterocycles. The van der Waals surface area contributed by atoms with Crippen LogP contribution in [0, 0.1) is 5.92 Å². The summed E-state index contributed by atoms with van der Waals surface area (Å²) in [6.45, 7) is 4.15. The summed E-state index contributed by atoms with van der Waals surface area (Å²) in [6.07, 6.45) is 4.32. The molecule has 0 spiro atoms. The van der Waals surface area contributed by atoms with Gasteiger partial charge in [-0.25, -0.2) is 0 Å². The van der Waals surface area contributed by atoms with E-state index in [0.717, 1.165) is 25.5 Å². The molecule has 0 amide bonds. The van der Waals surface area contributed by atoms with Gasteiger partial charge in [0.1, 0.15) is 0 Å². The third-order valence-corrected chi connectivity index (χ3v) is 2.15. The molecule has 0 aromatic rings. The molecule has 0 heterocycles. The van der Waals surface area contributed by atoms with Crippen molar-refractivity contribution < 1.29 is 4.74 Å². The number of ether oxygens (including phenoxy) is 1. The van der Waals surface area contributed by atoms with Gasteiger partial charge in [0, 0.05) is 13.2 Å². The zero-order valence-electron chi connectivity index (χ0n) is 7.60. The van der Waals surface area contributed by atoms with E-state index in [9.17, 15) is 0 Å². The Balaban J connectivity index is 1.98. The van der Waals surface area contributed by atoms with Crippen molar-refractivity contribution in [1.82, 2.24) is 5.32 Å². The predicted molar refractivity (Wildman–Crippen MR) is 46.7 cm³/mol. The van der Waals surface area contributed by atoms with Crippen molar-refractivity contribution in [3.8, 4) is 0 Å². The first kappa shape index (κ1) is 9.01. The van der Waals surface area contributed by atoms with Gasteiger partial charge in [-0.1, -0.05) is 6.92 Å². The Morgan fingerprint density at radius 3 is 2.73 bits per heavy atom. The van der Waals surface area contributed by atoms with Crippen molar-refractivity contribution in [2.45, 2.75) is 32.3 Å². The first-order valence-electron chi connectivity index (χ1n) is 4.63. The maximum atomic E-state index is 5.69. The van der Waals surface area contributed by atoms with Crippen LogP contribution < -0.4 is 5.32 Å². The fourth-order valence-corrected chi connectivity index (χ4v) is 1.11. The monoisotopic (exact) mass is 157 g/mol. The number of rotatable bonds is 6. The lowest BCUT2D eigenvalue weighted by Gasteiger charge is -2.14. The molecular weight excluding hydrogens is 138 g/mol. The Kier molecular flexibility index (Phi) is 3.87. The van der Waals surface area contributed by atoms with Crippen molar-refractivity contribution in [2.24, 2.45) is 5.92 Å². The van der Waals surface area contributed by atoms with Gasteiger partial charge in [-0.05, 0) is 32.2 Å². The highest BCUT2D eigenvalue weighted by atomic mass is 16.5. The summed E-state index contributed by atoms with van der Waals surface area (Å²) in [7, 11) is 1.98. The minimum absolute atomic E-state index is 0.431. The van der Waals surface area contributed by atoms with Crippen LogP contribution >= 0.6 is 0 Å². The average Bonchev–Trinajstić information content (AvgIpc) is 2.81. The van der Waals surface area contributed by atoms with Crippen molar-refractivity contribution >= 4 is 0 Å². The number of hydrogen-bond acceptors (Lipinski definition) is 2. The summed E-state index contributed by atoms with van der Waals surface area (Å²) < 4.78 is 5.69. The third kappa shape index (κ3) is 3.73.